The Morgan fingerprint density at radius 1 is 1.15 bits per heavy atom. The summed E-state index contributed by atoms with van der Waals surface area (Å²) < 4.78 is 45.3. The molecular formula is C22H18F3N5O3S. The summed E-state index contributed by atoms with van der Waals surface area (Å²) in [5.74, 6) is -0.187. The molecule has 8 nitrogen and oxygen atoms in total. The van der Waals surface area contributed by atoms with Gasteiger partial charge in [0.25, 0.3) is 5.56 Å². The monoisotopic (exact) mass is 489 g/mol. The Hall–Kier alpha value is -3.67. The van der Waals surface area contributed by atoms with Gasteiger partial charge in [0.15, 0.2) is 16.4 Å². The SMILES string of the molecule is O=C(Cn1nc(-c2ccco2)c2sc(N3CCCC3)nc2c1=O)Nc1ccc(C(F)(F)F)cc1. The molecule has 0 atom stereocenters. The van der Waals surface area contributed by atoms with Gasteiger partial charge in [-0.2, -0.15) is 18.3 Å². The number of carbonyl (C=O) groups is 1. The average Bonchev–Trinajstić information content (AvgIpc) is 3.57. The molecule has 1 aliphatic rings. The number of amides is 1. The molecule has 1 N–H and O–H groups in total. The van der Waals surface area contributed by atoms with Crippen LogP contribution in [0.25, 0.3) is 21.7 Å². The third kappa shape index (κ3) is 4.28. The standard InChI is InChI=1S/C22H18F3N5O3S/c23-22(24,25)13-5-7-14(8-6-13)26-16(31)12-30-20(32)18-19(17(28-30)15-4-3-11-33-15)34-21(27-18)29-9-1-2-10-29/h3-8,11H,1-2,9-10,12H2,(H,26,31). The van der Waals surface area contributed by atoms with Crippen LogP contribution in [-0.4, -0.2) is 33.8 Å². The van der Waals surface area contributed by atoms with Gasteiger partial charge in [0.2, 0.25) is 5.91 Å². The molecule has 0 radical (unpaired) electrons. The summed E-state index contributed by atoms with van der Waals surface area (Å²) in [5, 5.41) is 7.57. The Balaban J connectivity index is 1.46. The van der Waals surface area contributed by atoms with E-state index in [4.69, 9.17) is 4.42 Å². The van der Waals surface area contributed by atoms with Crippen LogP contribution in [0.15, 0.2) is 51.9 Å². The maximum absolute atomic E-state index is 13.1. The fraction of sp³-hybridized carbons (Fsp3) is 0.273. The van der Waals surface area contributed by atoms with Gasteiger partial charge < -0.3 is 14.6 Å². The van der Waals surface area contributed by atoms with Crippen LogP contribution in [0, 0.1) is 0 Å². The highest BCUT2D eigenvalue weighted by Gasteiger charge is 2.30. The maximum atomic E-state index is 13.1. The summed E-state index contributed by atoms with van der Waals surface area (Å²) in [7, 11) is 0. The first-order chi connectivity index (χ1) is 16.3. The van der Waals surface area contributed by atoms with E-state index in [0.717, 1.165) is 54.9 Å². The van der Waals surface area contributed by atoms with Crippen molar-refractivity contribution in [1.82, 2.24) is 14.8 Å². The maximum Gasteiger partial charge on any atom is 0.416 e. The second-order valence-electron chi connectivity index (χ2n) is 7.78. The second-order valence-corrected chi connectivity index (χ2v) is 8.76. The lowest BCUT2D eigenvalue weighted by Gasteiger charge is -2.11. The number of nitrogens with zero attached hydrogens (tertiary/aromatic N) is 4. The van der Waals surface area contributed by atoms with Crippen LogP contribution in [0.3, 0.4) is 0 Å². The number of hydrogen-bond acceptors (Lipinski definition) is 7. The van der Waals surface area contributed by atoms with E-state index < -0.39 is 29.8 Å². The van der Waals surface area contributed by atoms with Crippen molar-refractivity contribution in [2.45, 2.75) is 25.6 Å². The summed E-state index contributed by atoms with van der Waals surface area (Å²) in [4.78, 5) is 32.3. The Kier molecular flexibility index (Phi) is 5.60. The molecule has 5 rings (SSSR count). The number of carbonyl (C=O) groups excluding carboxylic acids is 1. The van der Waals surface area contributed by atoms with E-state index in [9.17, 15) is 22.8 Å². The number of thiazole rings is 1. The first kappa shape index (κ1) is 22.1. The van der Waals surface area contributed by atoms with Gasteiger partial charge in [-0.05, 0) is 49.2 Å². The fourth-order valence-electron chi connectivity index (χ4n) is 3.75. The summed E-state index contributed by atoms with van der Waals surface area (Å²) in [5.41, 5.74) is -0.604. The zero-order valence-corrected chi connectivity index (χ0v) is 18.4. The predicted molar refractivity (Wildman–Crippen MR) is 121 cm³/mol. The number of hydrogen-bond donors (Lipinski definition) is 1. The van der Waals surface area contributed by atoms with Crippen molar-refractivity contribution in [3.05, 3.63) is 58.6 Å². The molecule has 1 aliphatic heterocycles. The minimum atomic E-state index is -4.47. The van der Waals surface area contributed by atoms with Gasteiger partial charge in [-0.1, -0.05) is 11.3 Å². The highest BCUT2D eigenvalue weighted by atomic mass is 32.1. The number of nitrogens with one attached hydrogen (secondary N) is 1. The van der Waals surface area contributed by atoms with Crippen molar-refractivity contribution >= 4 is 38.3 Å². The quantitative estimate of drug-likeness (QED) is 0.448. The normalized spacial score (nSPS) is 14.1. The number of aromatic nitrogens is 3. The zero-order valence-electron chi connectivity index (χ0n) is 17.6. The lowest BCUT2D eigenvalue weighted by molar-refractivity contribution is -0.137. The zero-order chi connectivity index (χ0) is 23.9. The molecule has 12 heteroatoms. The molecule has 1 fully saturated rings. The highest BCUT2D eigenvalue weighted by molar-refractivity contribution is 7.22. The molecule has 3 aromatic heterocycles. The molecule has 0 spiro atoms. The summed E-state index contributed by atoms with van der Waals surface area (Å²) >= 11 is 1.35. The lowest BCUT2D eigenvalue weighted by atomic mass is 10.2. The van der Waals surface area contributed by atoms with Crippen molar-refractivity contribution in [3.63, 3.8) is 0 Å². The second kappa shape index (κ2) is 8.60. The Morgan fingerprint density at radius 2 is 1.88 bits per heavy atom. The fourth-order valence-corrected chi connectivity index (χ4v) is 4.85. The van der Waals surface area contributed by atoms with Crippen LogP contribution in [0.1, 0.15) is 18.4 Å². The highest BCUT2D eigenvalue weighted by Crippen LogP contribution is 2.35. The molecule has 4 aromatic rings. The summed E-state index contributed by atoms with van der Waals surface area (Å²) in [6.45, 7) is 1.26. The molecule has 34 heavy (non-hydrogen) atoms. The smallest absolute Gasteiger partial charge is 0.416 e. The van der Waals surface area contributed by atoms with Crippen molar-refractivity contribution in [1.29, 1.82) is 0 Å². The van der Waals surface area contributed by atoms with Crippen LogP contribution in [0.4, 0.5) is 24.0 Å². The molecule has 1 aromatic carbocycles. The van der Waals surface area contributed by atoms with Crippen molar-refractivity contribution in [2.24, 2.45) is 0 Å². The minimum absolute atomic E-state index is 0.170. The largest absolute Gasteiger partial charge is 0.463 e. The molecule has 0 unspecified atom stereocenters. The Morgan fingerprint density at radius 3 is 2.53 bits per heavy atom. The number of halogens is 3. The number of anilines is 2. The van der Waals surface area contributed by atoms with Gasteiger partial charge in [-0.15, -0.1) is 0 Å². The predicted octanol–water partition coefficient (Wildman–Crippen LogP) is 4.37. The number of alkyl halides is 3. The van der Waals surface area contributed by atoms with E-state index in [1.165, 1.54) is 17.6 Å². The Labute approximate surface area is 194 Å². The van der Waals surface area contributed by atoms with E-state index in [-0.39, 0.29) is 11.2 Å². The van der Waals surface area contributed by atoms with E-state index in [1.807, 2.05) is 0 Å². The molecule has 0 bridgehead atoms. The number of benzene rings is 1. The number of rotatable bonds is 5. The molecule has 176 valence electrons. The van der Waals surface area contributed by atoms with E-state index in [0.29, 0.717) is 21.3 Å². The van der Waals surface area contributed by atoms with E-state index in [1.54, 1.807) is 12.1 Å². The third-order valence-corrected chi connectivity index (χ3v) is 6.53. The van der Waals surface area contributed by atoms with E-state index >= 15 is 0 Å². The van der Waals surface area contributed by atoms with Crippen LogP contribution >= 0.6 is 11.3 Å². The molecule has 4 heterocycles. The van der Waals surface area contributed by atoms with Crippen LogP contribution in [-0.2, 0) is 17.5 Å². The van der Waals surface area contributed by atoms with Gasteiger partial charge in [-0.25, -0.2) is 9.67 Å². The topological polar surface area (TPSA) is 93.3 Å². The van der Waals surface area contributed by atoms with Gasteiger partial charge in [0, 0.05) is 18.8 Å². The lowest BCUT2D eigenvalue weighted by Crippen LogP contribution is -2.30. The van der Waals surface area contributed by atoms with Crippen LogP contribution < -0.4 is 15.8 Å². The summed E-state index contributed by atoms with van der Waals surface area (Å²) in [6.07, 6.45) is -0.891. The molecule has 0 aliphatic carbocycles. The third-order valence-electron chi connectivity index (χ3n) is 5.41. The minimum Gasteiger partial charge on any atom is -0.463 e. The van der Waals surface area contributed by atoms with Crippen molar-refractivity contribution in [2.75, 3.05) is 23.3 Å². The van der Waals surface area contributed by atoms with Crippen LogP contribution in [0.2, 0.25) is 0 Å². The van der Waals surface area contributed by atoms with Gasteiger partial charge in [0.05, 0.1) is 16.5 Å². The summed E-state index contributed by atoms with van der Waals surface area (Å²) in [6, 6.07) is 7.44. The van der Waals surface area contributed by atoms with Gasteiger partial charge in [-0.3, -0.25) is 9.59 Å². The molecule has 1 saturated heterocycles. The van der Waals surface area contributed by atoms with Crippen LogP contribution in [0.5, 0.6) is 0 Å². The van der Waals surface area contributed by atoms with Crippen molar-refractivity contribution < 1.29 is 22.4 Å². The molecular weight excluding hydrogens is 471 g/mol. The van der Waals surface area contributed by atoms with Gasteiger partial charge >= 0.3 is 6.18 Å². The molecule has 1 amide bonds. The molecule has 0 saturated carbocycles. The Bertz CT molecular complexity index is 1390. The first-order valence-corrected chi connectivity index (χ1v) is 11.3. The van der Waals surface area contributed by atoms with E-state index in [2.05, 4.69) is 20.3 Å². The number of fused-ring (bicyclic) bond motifs is 1. The van der Waals surface area contributed by atoms with Gasteiger partial charge in [0.1, 0.15) is 12.2 Å². The number of furan rings is 1. The first-order valence-electron chi connectivity index (χ1n) is 10.5. The van der Waals surface area contributed by atoms with Crippen molar-refractivity contribution in [3.8, 4) is 11.5 Å². The average molecular weight is 489 g/mol.